The number of para-hydroxylation sites is 1. The molecule has 1 aliphatic heterocycles. The molecule has 0 aliphatic carbocycles. The summed E-state index contributed by atoms with van der Waals surface area (Å²) in [6.45, 7) is 1.97. The van der Waals surface area contributed by atoms with E-state index in [0.717, 1.165) is 0 Å². The number of esters is 1. The largest absolute Gasteiger partial charge is 0.493 e. The zero-order chi connectivity index (χ0) is 18.4. The second kappa shape index (κ2) is 8.66. The molecular formula is C17H22N2O5S. The van der Waals surface area contributed by atoms with Gasteiger partial charge in [-0.3, -0.25) is 0 Å². The summed E-state index contributed by atoms with van der Waals surface area (Å²) in [5.74, 6) is 1.19. The molecule has 0 saturated carbocycles. The first kappa shape index (κ1) is 19.0. The zero-order valence-corrected chi connectivity index (χ0v) is 15.5. The number of benzene rings is 1. The molecule has 1 aromatic rings. The van der Waals surface area contributed by atoms with Crippen LogP contribution >= 0.6 is 11.8 Å². The Morgan fingerprint density at radius 3 is 2.68 bits per heavy atom. The molecule has 1 aliphatic rings. The SMILES string of the molecule is COc1cccc([C@@H]2NC(=O)NC(C)=C2C(=O)OCCSC)c1OC. The third kappa shape index (κ3) is 4.19. The van der Waals surface area contributed by atoms with Gasteiger partial charge in [0.05, 0.1) is 25.8 Å². The van der Waals surface area contributed by atoms with Crippen LogP contribution in [0, 0.1) is 0 Å². The molecule has 1 aromatic carbocycles. The quantitative estimate of drug-likeness (QED) is 0.569. The minimum Gasteiger partial charge on any atom is -0.493 e. The average Bonchev–Trinajstić information content (AvgIpc) is 2.60. The van der Waals surface area contributed by atoms with Gasteiger partial charge in [-0.05, 0) is 19.2 Å². The fourth-order valence-corrected chi connectivity index (χ4v) is 2.88. The first-order chi connectivity index (χ1) is 12.0. The fraction of sp³-hybridized carbons (Fsp3) is 0.412. The molecule has 0 spiro atoms. The summed E-state index contributed by atoms with van der Waals surface area (Å²) >= 11 is 1.58. The van der Waals surface area contributed by atoms with E-state index in [1.807, 2.05) is 6.26 Å². The highest BCUT2D eigenvalue weighted by Crippen LogP contribution is 2.38. The van der Waals surface area contributed by atoms with E-state index in [0.29, 0.717) is 40.7 Å². The summed E-state index contributed by atoms with van der Waals surface area (Å²) in [6, 6.07) is 4.21. The van der Waals surface area contributed by atoms with E-state index in [2.05, 4.69) is 10.6 Å². The molecule has 7 nitrogen and oxygen atoms in total. The Balaban J connectivity index is 2.44. The van der Waals surface area contributed by atoms with E-state index in [1.165, 1.54) is 14.2 Å². The maximum atomic E-state index is 12.6. The van der Waals surface area contributed by atoms with Crippen molar-refractivity contribution in [1.29, 1.82) is 0 Å². The molecule has 2 amide bonds. The van der Waals surface area contributed by atoms with Crippen molar-refractivity contribution in [2.24, 2.45) is 0 Å². The van der Waals surface area contributed by atoms with Gasteiger partial charge in [-0.25, -0.2) is 9.59 Å². The van der Waals surface area contributed by atoms with E-state index < -0.39 is 18.0 Å². The number of amides is 2. The monoisotopic (exact) mass is 366 g/mol. The maximum Gasteiger partial charge on any atom is 0.338 e. The Hall–Kier alpha value is -2.35. The fourth-order valence-electron chi connectivity index (χ4n) is 2.63. The van der Waals surface area contributed by atoms with Crippen LogP contribution in [0.1, 0.15) is 18.5 Å². The molecule has 0 radical (unpaired) electrons. The molecular weight excluding hydrogens is 344 g/mol. The Morgan fingerprint density at radius 2 is 2.04 bits per heavy atom. The van der Waals surface area contributed by atoms with Gasteiger partial charge in [0, 0.05) is 17.0 Å². The standard InChI is InChI=1S/C17H22N2O5S/c1-10-13(16(20)24-8-9-25-4)14(19-17(21)18-10)11-6-5-7-12(22-2)15(11)23-3/h5-7,14H,8-9H2,1-4H3,(H2,18,19,21)/t14-/m0/s1. The lowest BCUT2D eigenvalue weighted by Gasteiger charge is -2.29. The van der Waals surface area contributed by atoms with E-state index >= 15 is 0 Å². The summed E-state index contributed by atoms with van der Waals surface area (Å²) in [5.41, 5.74) is 1.41. The van der Waals surface area contributed by atoms with Gasteiger partial charge in [0.1, 0.15) is 6.61 Å². The van der Waals surface area contributed by atoms with Gasteiger partial charge < -0.3 is 24.8 Å². The van der Waals surface area contributed by atoms with Crippen molar-refractivity contribution in [3.63, 3.8) is 0 Å². The molecule has 0 unspecified atom stereocenters. The molecule has 8 heteroatoms. The zero-order valence-electron chi connectivity index (χ0n) is 14.7. The number of rotatable bonds is 7. The highest BCUT2D eigenvalue weighted by molar-refractivity contribution is 7.98. The highest BCUT2D eigenvalue weighted by Gasteiger charge is 2.34. The van der Waals surface area contributed by atoms with E-state index in [4.69, 9.17) is 14.2 Å². The van der Waals surface area contributed by atoms with Crippen molar-refractivity contribution in [1.82, 2.24) is 10.6 Å². The van der Waals surface area contributed by atoms with Crippen LogP contribution < -0.4 is 20.1 Å². The summed E-state index contributed by atoms with van der Waals surface area (Å²) < 4.78 is 16.1. The van der Waals surface area contributed by atoms with Gasteiger partial charge in [0.25, 0.3) is 0 Å². The number of allylic oxidation sites excluding steroid dienone is 1. The topological polar surface area (TPSA) is 85.9 Å². The molecule has 136 valence electrons. The van der Waals surface area contributed by atoms with Gasteiger partial charge in [-0.15, -0.1) is 0 Å². The Kier molecular flexibility index (Phi) is 6.58. The second-order valence-corrected chi connectivity index (χ2v) is 6.27. The number of nitrogens with one attached hydrogen (secondary N) is 2. The lowest BCUT2D eigenvalue weighted by atomic mass is 9.94. The number of ether oxygens (including phenoxy) is 3. The summed E-state index contributed by atoms with van der Waals surface area (Å²) in [7, 11) is 3.04. The molecule has 0 fully saturated rings. The van der Waals surface area contributed by atoms with Crippen LogP contribution in [-0.4, -0.2) is 44.8 Å². The molecule has 0 aromatic heterocycles. The van der Waals surface area contributed by atoms with Crippen molar-refractivity contribution in [2.75, 3.05) is 32.8 Å². The van der Waals surface area contributed by atoms with E-state index in [-0.39, 0.29) is 0 Å². The van der Waals surface area contributed by atoms with Crippen LogP contribution in [0.2, 0.25) is 0 Å². The van der Waals surface area contributed by atoms with E-state index in [1.54, 1.807) is 36.9 Å². The Bertz CT molecular complexity index is 690. The molecule has 2 rings (SSSR count). The van der Waals surface area contributed by atoms with Gasteiger partial charge in [0.2, 0.25) is 0 Å². The highest BCUT2D eigenvalue weighted by atomic mass is 32.2. The van der Waals surface area contributed by atoms with Crippen LogP contribution in [0.25, 0.3) is 0 Å². The predicted octanol–water partition coefficient (Wildman–Crippen LogP) is 2.24. The number of hydrogen-bond donors (Lipinski definition) is 2. The summed E-state index contributed by atoms with van der Waals surface area (Å²) in [6.07, 6.45) is 1.94. The van der Waals surface area contributed by atoms with Crippen molar-refractivity contribution in [3.8, 4) is 11.5 Å². The second-order valence-electron chi connectivity index (χ2n) is 5.28. The molecule has 1 heterocycles. The van der Waals surface area contributed by atoms with Crippen LogP contribution in [-0.2, 0) is 9.53 Å². The minimum absolute atomic E-state index is 0.298. The van der Waals surface area contributed by atoms with Crippen LogP contribution in [0.3, 0.4) is 0 Å². The smallest absolute Gasteiger partial charge is 0.338 e. The van der Waals surface area contributed by atoms with Crippen LogP contribution in [0.4, 0.5) is 4.79 Å². The Labute approximate surface area is 151 Å². The number of carbonyl (C=O) groups is 2. The molecule has 2 N–H and O–H groups in total. The number of hydrogen-bond acceptors (Lipinski definition) is 6. The van der Waals surface area contributed by atoms with Gasteiger partial charge >= 0.3 is 12.0 Å². The van der Waals surface area contributed by atoms with E-state index in [9.17, 15) is 9.59 Å². The number of thioether (sulfide) groups is 1. The molecule has 0 bridgehead atoms. The van der Waals surface area contributed by atoms with Gasteiger partial charge in [-0.1, -0.05) is 12.1 Å². The molecule has 1 atom stereocenters. The lowest BCUT2D eigenvalue weighted by Crippen LogP contribution is -2.45. The maximum absolute atomic E-state index is 12.6. The third-order valence-electron chi connectivity index (χ3n) is 3.75. The first-order valence-corrected chi connectivity index (χ1v) is 9.08. The number of urea groups is 1. The molecule has 25 heavy (non-hydrogen) atoms. The number of carbonyl (C=O) groups excluding carboxylic acids is 2. The van der Waals surface area contributed by atoms with Gasteiger partial charge in [-0.2, -0.15) is 11.8 Å². The average molecular weight is 366 g/mol. The predicted molar refractivity (Wildman–Crippen MR) is 96.0 cm³/mol. The normalized spacial score (nSPS) is 16.8. The van der Waals surface area contributed by atoms with Crippen molar-refractivity contribution >= 4 is 23.8 Å². The van der Waals surface area contributed by atoms with Gasteiger partial charge in [0.15, 0.2) is 11.5 Å². The lowest BCUT2D eigenvalue weighted by molar-refractivity contribution is -0.138. The van der Waals surface area contributed by atoms with Crippen molar-refractivity contribution in [2.45, 2.75) is 13.0 Å². The van der Waals surface area contributed by atoms with Crippen LogP contribution in [0.5, 0.6) is 11.5 Å². The van der Waals surface area contributed by atoms with Crippen molar-refractivity contribution < 1.29 is 23.8 Å². The Morgan fingerprint density at radius 1 is 1.28 bits per heavy atom. The minimum atomic E-state index is -0.694. The summed E-state index contributed by atoms with van der Waals surface area (Å²) in [4.78, 5) is 24.5. The molecule has 0 saturated heterocycles. The third-order valence-corrected chi connectivity index (χ3v) is 4.33. The number of methoxy groups -OCH3 is 2. The first-order valence-electron chi connectivity index (χ1n) is 7.68. The van der Waals surface area contributed by atoms with Crippen LogP contribution in [0.15, 0.2) is 29.5 Å². The summed E-state index contributed by atoms with van der Waals surface area (Å²) in [5, 5.41) is 5.38. The van der Waals surface area contributed by atoms with Crippen molar-refractivity contribution in [3.05, 3.63) is 35.0 Å².